The average Bonchev–Trinajstić information content (AvgIpc) is 3.54. The van der Waals surface area contributed by atoms with E-state index in [2.05, 4.69) is 10.0 Å². The first kappa shape index (κ1) is 33.0. The largest absolute Gasteiger partial charge is 0.454 e. The summed E-state index contributed by atoms with van der Waals surface area (Å²) < 4.78 is 38.1. The molecule has 1 heterocycles. The van der Waals surface area contributed by atoms with Crippen LogP contribution >= 0.6 is 11.6 Å². The molecule has 0 saturated carbocycles. The van der Waals surface area contributed by atoms with Crippen molar-refractivity contribution in [2.75, 3.05) is 13.3 Å². The molecule has 0 aliphatic carbocycles. The summed E-state index contributed by atoms with van der Waals surface area (Å²) in [7, 11) is -3.58. The number of hydrogen-bond donors (Lipinski definition) is 2. The Labute approximate surface area is 274 Å². The van der Waals surface area contributed by atoms with Crippen molar-refractivity contribution >= 4 is 33.4 Å². The fraction of sp³-hybridized carbons (Fsp3) is 0.257. The van der Waals surface area contributed by atoms with Gasteiger partial charge in [-0.05, 0) is 65.1 Å². The highest BCUT2D eigenvalue weighted by Crippen LogP contribution is 2.32. The maximum absolute atomic E-state index is 14.0. The Morgan fingerprint density at radius 1 is 0.848 bits per heavy atom. The van der Waals surface area contributed by atoms with Gasteiger partial charge in [0.2, 0.25) is 28.6 Å². The van der Waals surface area contributed by atoms with Crippen LogP contribution in [0.3, 0.4) is 0 Å². The Hall–Kier alpha value is -4.38. The van der Waals surface area contributed by atoms with Crippen molar-refractivity contribution in [1.29, 1.82) is 0 Å². The molecule has 1 unspecified atom stereocenters. The quantitative estimate of drug-likeness (QED) is 0.191. The topological polar surface area (TPSA) is 114 Å². The molecule has 0 aromatic heterocycles. The molecule has 4 aromatic carbocycles. The second-order valence-corrected chi connectivity index (χ2v) is 13.1. The van der Waals surface area contributed by atoms with Crippen molar-refractivity contribution in [3.8, 4) is 11.5 Å². The van der Waals surface area contributed by atoms with Crippen LogP contribution in [-0.2, 0) is 45.5 Å². The SMILES string of the molecule is CCNS(=O)(=O)c1ccc(CCC(=O)N(Cc2ccc(Cl)cc2)C(Cc2ccccc2)C(=O)NCc2ccc3c(c2)OCO3)cc1. The van der Waals surface area contributed by atoms with Crippen LogP contribution in [0.5, 0.6) is 11.5 Å². The molecular weight excluding hydrogens is 626 g/mol. The van der Waals surface area contributed by atoms with Gasteiger partial charge in [0.1, 0.15) is 6.04 Å². The minimum absolute atomic E-state index is 0.119. The number of fused-ring (bicyclic) bond motifs is 1. The number of ether oxygens (including phenoxy) is 2. The van der Waals surface area contributed by atoms with Gasteiger partial charge < -0.3 is 19.7 Å². The minimum Gasteiger partial charge on any atom is -0.454 e. The maximum Gasteiger partial charge on any atom is 0.243 e. The third-order valence-electron chi connectivity index (χ3n) is 7.64. The molecular formula is C35H36ClN3O6S. The highest BCUT2D eigenvalue weighted by Gasteiger charge is 2.30. The molecule has 240 valence electrons. The molecule has 4 aromatic rings. The Balaban J connectivity index is 1.37. The molecule has 46 heavy (non-hydrogen) atoms. The summed E-state index contributed by atoms with van der Waals surface area (Å²) >= 11 is 6.14. The number of nitrogens with one attached hydrogen (secondary N) is 2. The van der Waals surface area contributed by atoms with Crippen LogP contribution in [0.15, 0.2) is 102 Å². The highest BCUT2D eigenvalue weighted by molar-refractivity contribution is 7.89. The lowest BCUT2D eigenvalue weighted by atomic mass is 10.0. The molecule has 1 aliphatic heterocycles. The zero-order chi connectivity index (χ0) is 32.5. The number of halogens is 1. The van der Waals surface area contributed by atoms with E-state index in [4.69, 9.17) is 21.1 Å². The second-order valence-electron chi connectivity index (χ2n) is 10.9. The van der Waals surface area contributed by atoms with Gasteiger partial charge in [0.15, 0.2) is 11.5 Å². The molecule has 5 rings (SSSR count). The molecule has 2 N–H and O–H groups in total. The van der Waals surface area contributed by atoms with Crippen molar-refractivity contribution in [2.24, 2.45) is 0 Å². The fourth-order valence-electron chi connectivity index (χ4n) is 5.20. The third-order valence-corrected chi connectivity index (χ3v) is 9.45. The second kappa shape index (κ2) is 15.3. The zero-order valence-electron chi connectivity index (χ0n) is 25.4. The van der Waals surface area contributed by atoms with Crippen LogP contribution in [0.1, 0.15) is 35.6 Å². The van der Waals surface area contributed by atoms with Crippen LogP contribution in [0.2, 0.25) is 5.02 Å². The maximum atomic E-state index is 14.0. The van der Waals surface area contributed by atoms with E-state index in [0.717, 1.165) is 22.3 Å². The average molecular weight is 662 g/mol. The van der Waals surface area contributed by atoms with Crippen LogP contribution in [0.4, 0.5) is 0 Å². The molecule has 0 bridgehead atoms. The first-order valence-electron chi connectivity index (χ1n) is 15.0. The van der Waals surface area contributed by atoms with Gasteiger partial charge in [0.05, 0.1) is 4.90 Å². The van der Waals surface area contributed by atoms with Crippen molar-refractivity contribution in [3.63, 3.8) is 0 Å². The molecule has 0 fully saturated rings. The Bertz CT molecular complexity index is 1750. The number of benzene rings is 4. The van der Waals surface area contributed by atoms with Crippen molar-refractivity contribution in [3.05, 3.63) is 124 Å². The molecule has 2 amide bonds. The standard InChI is InChI=1S/C35H36ClN3O6S/c1-2-38-46(42,43)30-16-10-25(11-17-30)13-19-34(40)39(23-27-8-14-29(36)15-9-27)31(20-26-6-4-3-5-7-26)35(41)37-22-28-12-18-32-33(21-28)45-24-44-32/h3-12,14-18,21,31,38H,2,13,19-20,22-24H2,1H3,(H,37,41). The van der Waals surface area contributed by atoms with E-state index in [-0.39, 0.29) is 49.6 Å². The van der Waals surface area contributed by atoms with E-state index in [1.165, 1.54) is 12.1 Å². The molecule has 0 saturated heterocycles. The van der Waals surface area contributed by atoms with Gasteiger partial charge in [-0.3, -0.25) is 9.59 Å². The molecule has 1 atom stereocenters. The number of carbonyl (C=O) groups excluding carboxylic acids is 2. The van der Waals surface area contributed by atoms with Crippen molar-refractivity contribution < 1.29 is 27.5 Å². The fourth-order valence-corrected chi connectivity index (χ4v) is 6.37. The number of hydrogen-bond acceptors (Lipinski definition) is 6. The number of amides is 2. The Morgan fingerprint density at radius 3 is 2.24 bits per heavy atom. The van der Waals surface area contributed by atoms with Crippen molar-refractivity contribution in [1.82, 2.24) is 14.9 Å². The van der Waals surface area contributed by atoms with E-state index in [0.29, 0.717) is 29.4 Å². The van der Waals surface area contributed by atoms with Crippen LogP contribution < -0.4 is 19.5 Å². The van der Waals surface area contributed by atoms with Gasteiger partial charge in [0, 0.05) is 37.5 Å². The predicted molar refractivity (Wildman–Crippen MR) is 176 cm³/mol. The monoisotopic (exact) mass is 661 g/mol. The van der Waals surface area contributed by atoms with Crippen LogP contribution in [0.25, 0.3) is 0 Å². The summed E-state index contributed by atoms with van der Waals surface area (Å²) in [5.74, 6) is 0.783. The minimum atomic E-state index is -3.58. The van der Waals surface area contributed by atoms with Gasteiger partial charge in [-0.25, -0.2) is 13.1 Å². The number of rotatable bonds is 14. The summed E-state index contributed by atoms with van der Waals surface area (Å²) in [4.78, 5) is 29.8. The first-order chi connectivity index (χ1) is 22.2. The summed E-state index contributed by atoms with van der Waals surface area (Å²) in [5, 5.41) is 3.60. The first-order valence-corrected chi connectivity index (χ1v) is 16.9. The van der Waals surface area contributed by atoms with Crippen LogP contribution in [-0.4, -0.2) is 44.5 Å². The van der Waals surface area contributed by atoms with Gasteiger partial charge in [-0.15, -0.1) is 0 Å². The summed E-state index contributed by atoms with van der Waals surface area (Å²) in [6.07, 6.45) is 0.798. The lowest BCUT2D eigenvalue weighted by Crippen LogP contribution is -2.50. The lowest BCUT2D eigenvalue weighted by Gasteiger charge is -2.32. The molecule has 1 aliphatic rings. The summed E-state index contributed by atoms with van der Waals surface area (Å²) in [6.45, 7) is 2.61. The van der Waals surface area contributed by atoms with E-state index in [1.54, 1.807) is 36.1 Å². The molecule has 11 heteroatoms. The smallest absolute Gasteiger partial charge is 0.243 e. The van der Waals surface area contributed by atoms with Gasteiger partial charge in [-0.1, -0.05) is 79.2 Å². The third kappa shape index (κ3) is 8.66. The van der Waals surface area contributed by atoms with E-state index in [9.17, 15) is 18.0 Å². The number of sulfonamides is 1. The normalized spacial score (nSPS) is 12.8. The molecule has 0 spiro atoms. The van der Waals surface area contributed by atoms with Gasteiger partial charge in [0.25, 0.3) is 0 Å². The van der Waals surface area contributed by atoms with Gasteiger partial charge >= 0.3 is 0 Å². The van der Waals surface area contributed by atoms with E-state index < -0.39 is 16.1 Å². The number of carbonyl (C=O) groups is 2. The number of aryl methyl sites for hydroxylation is 1. The van der Waals surface area contributed by atoms with E-state index >= 15 is 0 Å². The Morgan fingerprint density at radius 2 is 1.52 bits per heavy atom. The summed E-state index contributed by atoms with van der Waals surface area (Å²) in [6, 6.07) is 28.0. The van der Waals surface area contributed by atoms with E-state index in [1.807, 2.05) is 60.7 Å². The van der Waals surface area contributed by atoms with Crippen LogP contribution in [0, 0.1) is 0 Å². The van der Waals surface area contributed by atoms with Gasteiger partial charge in [-0.2, -0.15) is 0 Å². The highest BCUT2D eigenvalue weighted by atomic mass is 35.5. The molecule has 0 radical (unpaired) electrons. The Kier molecular flexibility index (Phi) is 11.0. The predicted octanol–water partition coefficient (Wildman–Crippen LogP) is 5.26. The lowest BCUT2D eigenvalue weighted by molar-refractivity contribution is -0.141. The summed E-state index contributed by atoms with van der Waals surface area (Å²) in [5.41, 5.74) is 3.39. The number of nitrogens with zero attached hydrogens (tertiary/aromatic N) is 1. The van der Waals surface area contributed by atoms with Crippen molar-refractivity contribution in [2.45, 2.75) is 50.2 Å². The zero-order valence-corrected chi connectivity index (χ0v) is 27.0. The molecule has 9 nitrogen and oxygen atoms in total.